The van der Waals surface area contributed by atoms with Crippen molar-refractivity contribution in [3.63, 3.8) is 0 Å². The van der Waals surface area contributed by atoms with E-state index in [9.17, 15) is 9.59 Å². The molecule has 1 aliphatic heterocycles. The van der Waals surface area contributed by atoms with E-state index in [1.807, 2.05) is 41.3 Å². The first-order valence-corrected chi connectivity index (χ1v) is 10.1. The molecule has 162 valence electrons. The molecule has 2 heterocycles. The molecular formula is C23H31ClN4O2. The molecule has 2 N–H and O–H groups in total. The van der Waals surface area contributed by atoms with Crippen molar-refractivity contribution in [3.8, 4) is 0 Å². The number of nitrogens with one attached hydrogen (secondary N) is 2. The van der Waals surface area contributed by atoms with E-state index in [-0.39, 0.29) is 42.1 Å². The van der Waals surface area contributed by atoms with Crippen LogP contribution in [0.2, 0.25) is 0 Å². The molecule has 2 amide bonds. The van der Waals surface area contributed by atoms with Crippen LogP contribution in [0.1, 0.15) is 54.7 Å². The third kappa shape index (κ3) is 6.03. The van der Waals surface area contributed by atoms with E-state index >= 15 is 0 Å². The molecule has 0 saturated carbocycles. The summed E-state index contributed by atoms with van der Waals surface area (Å²) >= 11 is 0. The topological polar surface area (TPSA) is 74.3 Å². The Bertz CT molecular complexity index is 835. The summed E-state index contributed by atoms with van der Waals surface area (Å²) in [4.78, 5) is 31.2. The van der Waals surface area contributed by atoms with Gasteiger partial charge in [0.25, 0.3) is 5.91 Å². The highest BCUT2D eigenvalue weighted by molar-refractivity contribution is 5.94. The first-order chi connectivity index (χ1) is 13.9. The molecule has 0 bridgehead atoms. The van der Waals surface area contributed by atoms with Gasteiger partial charge in [0.1, 0.15) is 0 Å². The van der Waals surface area contributed by atoms with Gasteiger partial charge in [-0.05, 0) is 34.7 Å². The van der Waals surface area contributed by atoms with E-state index in [1.54, 1.807) is 12.4 Å². The largest absolute Gasteiger partial charge is 0.352 e. The van der Waals surface area contributed by atoms with Gasteiger partial charge >= 0.3 is 0 Å². The average Bonchev–Trinajstić information content (AvgIpc) is 2.73. The van der Waals surface area contributed by atoms with Gasteiger partial charge in [0.2, 0.25) is 5.91 Å². The van der Waals surface area contributed by atoms with Crippen LogP contribution in [0.4, 0.5) is 0 Å². The Labute approximate surface area is 184 Å². The van der Waals surface area contributed by atoms with Crippen LogP contribution in [0.25, 0.3) is 0 Å². The summed E-state index contributed by atoms with van der Waals surface area (Å²) in [6.07, 6.45) is 3.82. The van der Waals surface area contributed by atoms with Crippen molar-refractivity contribution in [2.75, 3.05) is 26.2 Å². The molecule has 1 aliphatic rings. The van der Waals surface area contributed by atoms with Crippen molar-refractivity contribution < 1.29 is 9.59 Å². The van der Waals surface area contributed by atoms with Crippen LogP contribution >= 0.6 is 12.4 Å². The molecule has 1 atom stereocenters. The molecule has 1 aromatic carbocycles. The predicted octanol–water partition coefficient (Wildman–Crippen LogP) is 3.09. The van der Waals surface area contributed by atoms with Crippen molar-refractivity contribution in [1.82, 2.24) is 20.5 Å². The molecule has 1 fully saturated rings. The Morgan fingerprint density at radius 3 is 2.57 bits per heavy atom. The molecule has 1 saturated heterocycles. The number of hydrogen-bond donors (Lipinski definition) is 2. The number of benzene rings is 1. The molecule has 1 unspecified atom stereocenters. The minimum atomic E-state index is -0.151. The lowest BCUT2D eigenvalue weighted by Gasteiger charge is -2.36. The number of rotatable bonds is 5. The Hall–Kier alpha value is -2.44. The van der Waals surface area contributed by atoms with Gasteiger partial charge in [0.15, 0.2) is 0 Å². The Morgan fingerprint density at radius 1 is 1.20 bits per heavy atom. The van der Waals surface area contributed by atoms with Gasteiger partial charge in [-0.3, -0.25) is 14.6 Å². The SMILES string of the molecule is CC(C)(C)c1ccc(C(=O)NCCC(=O)N2CCNCC2c2cccnc2)cc1.Cl. The normalized spacial score (nSPS) is 16.5. The summed E-state index contributed by atoms with van der Waals surface area (Å²) < 4.78 is 0. The van der Waals surface area contributed by atoms with E-state index in [1.165, 1.54) is 5.56 Å². The van der Waals surface area contributed by atoms with Gasteiger partial charge in [0, 0.05) is 50.6 Å². The molecule has 30 heavy (non-hydrogen) atoms. The van der Waals surface area contributed by atoms with E-state index in [0.717, 1.165) is 12.1 Å². The quantitative estimate of drug-likeness (QED) is 0.764. The van der Waals surface area contributed by atoms with E-state index in [0.29, 0.717) is 25.2 Å². The number of carbonyl (C=O) groups is 2. The highest BCUT2D eigenvalue weighted by atomic mass is 35.5. The van der Waals surface area contributed by atoms with Crippen LogP contribution in [-0.2, 0) is 10.2 Å². The monoisotopic (exact) mass is 430 g/mol. The number of aromatic nitrogens is 1. The second-order valence-electron chi connectivity index (χ2n) is 8.43. The van der Waals surface area contributed by atoms with Crippen molar-refractivity contribution in [3.05, 3.63) is 65.5 Å². The fraction of sp³-hybridized carbons (Fsp3) is 0.435. The highest BCUT2D eigenvalue weighted by Gasteiger charge is 2.27. The van der Waals surface area contributed by atoms with Gasteiger partial charge in [-0.1, -0.05) is 39.0 Å². The highest BCUT2D eigenvalue weighted by Crippen LogP contribution is 2.23. The van der Waals surface area contributed by atoms with Gasteiger partial charge in [-0.25, -0.2) is 0 Å². The number of nitrogens with zero attached hydrogens (tertiary/aromatic N) is 2. The Kier molecular flexibility index (Phi) is 8.38. The van der Waals surface area contributed by atoms with Crippen LogP contribution in [0.3, 0.4) is 0 Å². The number of hydrogen-bond acceptors (Lipinski definition) is 4. The zero-order chi connectivity index (χ0) is 20.9. The minimum absolute atomic E-state index is 0. The maximum absolute atomic E-state index is 12.8. The Morgan fingerprint density at radius 2 is 1.93 bits per heavy atom. The van der Waals surface area contributed by atoms with Gasteiger partial charge < -0.3 is 15.5 Å². The number of carbonyl (C=O) groups excluding carboxylic acids is 2. The summed E-state index contributed by atoms with van der Waals surface area (Å²) in [5.74, 6) is -0.105. The second-order valence-corrected chi connectivity index (χ2v) is 8.43. The zero-order valence-corrected chi connectivity index (χ0v) is 18.7. The molecule has 2 aromatic rings. The van der Waals surface area contributed by atoms with Crippen molar-refractivity contribution in [2.24, 2.45) is 0 Å². The number of halogens is 1. The van der Waals surface area contributed by atoms with E-state index in [2.05, 4.69) is 36.4 Å². The number of amides is 2. The fourth-order valence-corrected chi connectivity index (χ4v) is 3.52. The third-order valence-corrected chi connectivity index (χ3v) is 5.27. The smallest absolute Gasteiger partial charge is 0.251 e. The summed E-state index contributed by atoms with van der Waals surface area (Å²) in [6.45, 7) is 8.88. The molecule has 3 rings (SSSR count). The molecule has 1 aromatic heterocycles. The summed E-state index contributed by atoms with van der Waals surface area (Å²) in [7, 11) is 0. The zero-order valence-electron chi connectivity index (χ0n) is 17.9. The maximum atomic E-state index is 12.8. The predicted molar refractivity (Wildman–Crippen MR) is 121 cm³/mol. The van der Waals surface area contributed by atoms with Gasteiger partial charge in [0.05, 0.1) is 6.04 Å². The van der Waals surface area contributed by atoms with E-state index < -0.39 is 0 Å². The molecule has 7 heteroatoms. The molecular weight excluding hydrogens is 400 g/mol. The summed E-state index contributed by atoms with van der Waals surface area (Å²) in [6, 6.07) is 11.5. The first-order valence-electron chi connectivity index (χ1n) is 10.1. The van der Waals surface area contributed by atoms with Crippen LogP contribution in [0.5, 0.6) is 0 Å². The summed E-state index contributed by atoms with van der Waals surface area (Å²) in [5.41, 5.74) is 2.87. The van der Waals surface area contributed by atoms with Crippen molar-refractivity contribution >= 4 is 24.2 Å². The molecule has 0 aliphatic carbocycles. The van der Waals surface area contributed by atoms with Gasteiger partial charge in [-0.2, -0.15) is 0 Å². The van der Waals surface area contributed by atoms with Crippen LogP contribution < -0.4 is 10.6 Å². The second kappa shape index (κ2) is 10.5. The third-order valence-electron chi connectivity index (χ3n) is 5.27. The lowest BCUT2D eigenvalue weighted by Crippen LogP contribution is -2.49. The van der Waals surface area contributed by atoms with Crippen LogP contribution in [-0.4, -0.2) is 47.9 Å². The average molecular weight is 431 g/mol. The number of piperazine rings is 1. The maximum Gasteiger partial charge on any atom is 0.251 e. The van der Waals surface area contributed by atoms with Crippen molar-refractivity contribution in [2.45, 2.75) is 38.6 Å². The van der Waals surface area contributed by atoms with Gasteiger partial charge in [-0.15, -0.1) is 12.4 Å². The standard InChI is InChI=1S/C23H30N4O2.ClH/c1-23(2,3)19-8-6-17(7-9-19)22(29)26-12-10-21(28)27-14-13-25-16-20(27)18-5-4-11-24-15-18;/h4-9,11,15,20,25H,10,12-14,16H2,1-3H3,(H,26,29);1H. The fourth-order valence-electron chi connectivity index (χ4n) is 3.52. The molecule has 0 radical (unpaired) electrons. The van der Waals surface area contributed by atoms with Crippen LogP contribution in [0, 0.1) is 0 Å². The minimum Gasteiger partial charge on any atom is -0.352 e. The van der Waals surface area contributed by atoms with Crippen molar-refractivity contribution in [1.29, 1.82) is 0 Å². The lowest BCUT2D eigenvalue weighted by molar-refractivity contribution is -0.134. The lowest BCUT2D eigenvalue weighted by atomic mass is 9.87. The van der Waals surface area contributed by atoms with E-state index in [4.69, 9.17) is 0 Å². The molecule has 6 nitrogen and oxygen atoms in total. The molecule has 0 spiro atoms. The Balaban J connectivity index is 0.00000320. The van der Waals surface area contributed by atoms with Crippen LogP contribution in [0.15, 0.2) is 48.8 Å². The number of pyridine rings is 1. The first kappa shape index (κ1) is 23.8. The summed E-state index contributed by atoms with van der Waals surface area (Å²) in [5, 5.41) is 6.20.